The predicted molar refractivity (Wildman–Crippen MR) is 71.8 cm³/mol. The van der Waals surface area contributed by atoms with Crippen LogP contribution in [0.15, 0.2) is 36.5 Å². The van der Waals surface area contributed by atoms with Gasteiger partial charge in [0.2, 0.25) is 5.88 Å². The van der Waals surface area contributed by atoms with Crippen molar-refractivity contribution in [3.63, 3.8) is 0 Å². The normalized spacial score (nSPS) is 10.6. The number of carboxylic acid groups (broad SMARTS) is 1. The van der Waals surface area contributed by atoms with E-state index >= 15 is 0 Å². The summed E-state index contributed by atoms with van der Waals surface area (Å²) in [5.41, 5.74) is 0.624. The molecule has 0 saturated carbocycles. The number of carboxylic acids is 1. The van der Waals surface area contributed by atoms with Gasteiger partial charge in [0, 0.05) is 0 Å². The topological polar surface area (TPSA) is 59.4 Å². The summed E-state index contributed by atoms with van der Waals surface area (Å²) in [5.74, 6) is -1.39. The van der Waals surface area contributed by atoms with Crippen molar-refractivity contribution in [2.24, 2.45) is 0 Å². The van der Waals surface area contributed by atoms with Gasteiger partial charge in [-0.3, -0.25) is 0 Å². The van der Waals surface area contributed by atoms with Crippen LogP contribution >= 0.6 is 0 Å². The van der Waals surface area contributed by atoms with Crippen LogP contribution in [0.1, 0.15) is 35.7 Å². The minimum atomic E-state index is -1.28. The Bertz CT molecular complexity index is 641. The Morgan fingerprint density at radius 3 is 2.70 bits per heavy atom. The molecule has 104 valence electrons. The van der Waals surface area contributed by atoms with Crippen LogP contribution in [0, 0.1) is 5.82 Å². The maximum absolute atomic E-state index is 13.1. The molecular formula is C15H14FNO3. The molecule has 5 heteroatoms. The van der Waals surface area contributed by atoms with Gasteiger partial charge in [0.05, 0.1) is 6.20 Å². The molecule has 2 aromatic rings. The van der Waals surface area contributed by atoms with Crippen LogP contribution in [0.4, 0.5) is 4.39 Å². The van der Waals surface area contributed by atoms with Crippen LogP contribution < -0.4 is 4.74 Å². The SMILES string of the molecule is CC(C)c1ccccc1Oc1ncc(F)cc1C(=O)O. The smallest absolute Gasteiger partial charge is 0.341 e. The first kappa shape index (κ1) is 14.0. The van der Waals surface area contributed by atoms with Gasteiger partial charge in [-0.05, 0) is 23.6 Å². The average molecular weight is 275 g/mol. The lowest BCUT2D eigenvalue weighted by molar-refractivity contribution is 0.0692. The van der Waals surface area contributed by atoms with Crippen LogP contribution in [0.25, 0.3) is 0 Å². The highest BCUT2D eigenvalue weighted by Crippen LogP contribution is 2.31. The van der Waals surface area contributed by atoms with Crippen molar-refractivity contribution in [3.05, 3.63) is 53.5 Å². The number of para-hydroxylation sites is 1. The molecule has 1 heterocycles. The first-order valence-electron chi connectivity index (χ1n) is 6.14. The largest absolute Gasteiger partial charge is 0.477 e. The number of hydrogen-bond donors (Lipinski definition) is 1. The third-order valence-corrected chi connectivity index (χ3v) is 2.80. The summed E-state index contributed by atoms with van der Waals surface area (Å²) in [6.45, 7) is 4.00. The van der Waals surface area contributed by atoms with Crippen LogP contribution in [0.3, 0.4) is 0 Å². The van der Waals surface area contributed by atoms with Gasteiger partial charge in [-0.15, -0.1) is 0 Å². The molecule has 0 aliphatic carbocycles. The average Bonchev–Trinajstić information content (AvgIpc) is 2.41. The zero-order valence-corrected chi connectivity index (χ0v) is 11.1. The minimum Gasteiger partial charge on any atom is -0.477 e. The van der Waals surface area contributed by atoms with E-state index in [1.54, 1.807) is 12.1 Å². The van der Waals surface area contributed by atoms with E-state index in [2.05, 4.69) is 4.98 Å². The van der Waals surface area contributed by atoms with Crippen LogP contribution in [-0.2, 0) is 0 Å². The van der Waals surface area contributed by atoms with Crippen LogP contribution in [0.5, 0.6) is 11.6 Å². The van der Waals surface area contributed by atoms with E-state index in [1.807, 2.05) is 26.0 Å². The Kier molecular flexibility index (Phi) is 3.98. The maximum Gasteiger partial charge on any atom is 0.341 e. The van der Waals surface area contributed by atoms with Gasteiger partial charge in [0.25, 0.3) is 0 Å². The highest BCUT2D eigenvalue weighted by molar-refractivity contribution is 5.90. The number of ether oxygens (including phenoxy) is 1. The zero-order chi connectivity index (χ0) is 14.7. The van der Waals surface area contributed by atoms with E-state index < -0.39 is 11.8 Å². The monoisotopic (exact) mass is 275 g/mol. The number of nitrogens with zero attached hydrogens (tertiary/aromatic N) is 1. The van der Waals surface area contributed by atoms with Crippen molar-refractivity contribution in [2.75, 3.05) is 0 Å². The fraction of sp³-hybridized carbons (Fsp3) is 0.200. The Balaban J connectivity index is 2.43. The highest BCUT2D eigenvalue weighted by atomic mass is 19.1. The van der Waals surface area contributed by atoms with E-state index in [9.17, 15) is 9.18 Å². The van der Waals surface area contributed by atoms with E-state index in [0.29, 0.717) is 5.75 Å². The number of aromatic carboxylic acids is 1. The number of carbonyl (C=O) groups is 1. The molecule has 20 heavy (non-hydrogen) atoms. The first-order chi connectivity index (χ1) is 9.49. The summed E-state index contributed by atoms with van der Waals surface area (Å²) in [6.07, 6.45) is 0.930. The van der Waals surface area contributed by atoms with Crippen LogP contribution in [0.2, 0.25) is 0 Å². The predicted octanol–water partition coefficient (Wildman–Crippen LogP) is 3.83. The van der Waals surface area contributed by atoms with Gasteiger partial charge in [-0.2, -0.15) is 0 Å². The van der Waals surface area contributed by atoms with Gasteiger partial charge in [-0.25, -0.2) is 14.2 Å². The Morgan fingerprint density at radius 2 is 2.05 bits per heavy atom. The number of benzene rings is 1. The molecule has 0 aliphatic heterocycles. The molecular weight excluding hydrogens is 261 g/mol. The van der Waals surface area contributed by atoms with Crippen molar-refractivity contribution in [3.8, 4) is 11.6 Å². The molecule has 0 radical (unpaired) electrons. The molecule has 0 bridgehead atoms. The van der Waals surface area contributed by atoms with E-state index in [0.717, 1.165) is 17.8 Å². The minimum absolute atomic E-state index is 0.119. The van der Waals surface area contributed by atoms with Gasteiger partial charge in [0.15, 0.2) is 0 Å². The first-order valence-corrected chi connectivity index (χ1v) is 6.14. The third kappa shape index (κ3) is 2.93. The van der Waals surface area contributed by atoms with Gasteiger partial charge in [0.1, 0.15) is 17.1 Å². The Morgan fingerprint density at radius 1 is 1.35 bits per heavy atom. The number of rotatable bonds is 4. The fourth-order valence-electron chi connectivity index (χ4n) is 1.82. The molecule has 0 aliphatic rings. The lowest BCUT2D eigenvalue weighted by atomic mass is 10.0. The molecule has 1 aromatic heterocycles. The molecule has 0 unspecified atom stereocenters. The second-order valence-electron chi connectivity index (χ2n) is 4.61. The molecule has 1 N–H and O–H groups in total. The molecule has 1 aromatic carbocycles. The molecule has 0 fully saturated rings. The maximum atomic E-state index is 13.1. The van der Waals surface area contributed by atoms with Crippen molar-refractivity contribution in [2.45, 2.75) is 19.8 Å². The van der Waals surface area contributed by atoms with Crippen molar-refractivity contribution in [1.29, 1.82) is 0 Å². The summed E-state index contributed by atoms with van der Waals surface area (Å²) in [5, 5.41) is 9.06. The summed E-state index contributed by atoms with van der Waals surface area (Å²) in [6, 6.07) is 8.17. The fourth-order valence-corrected chi connectivity index (χ4v) is 1.82. The van der Waals surface area contributed by atoms with E-state index in [1.165, 1.54) is 0 Å². The second kappa shape index (κ2) is 5.69. The van der Waals surface area contributed by atoms with Crippen molar-refractivity contribution >= 4 is 5.97 Å². The summed E-state index contributed by atoms with van der Waals surface area (Å²) < 4.78 is 18.6. The molecule has 2 rings (SSSR count). The van der Waals surface area contributed by atoms with E-state index in [4.69, 9.17) is 9.84 Å². The molecule has 4 nitrogen and oxygen atoms in total. The summed E-state index contributed by atoms with van der Waals surface area (Å²) in [7, 11) is 0. The molecule has 0 atom stereocenters. The zero-order valence-electron chi connectivity index (χ0n) is 11.1. The number of halogens is 1. The quantitative estimate of drug-likeness (QED) is 0.921. The van der Waals surface area contributed by atoms with Gasteiger partial charge < -0.3 is 9.84 Å². The molecule has 0 spiro atoms. The van der Waals surface area contributed by atoms with Crippen molar-refractivity contribution < 1.29 is 19.0 Å². The number of pyridine rings is 1. The van der Waals surface area contributed by atoms with E-state index in [-0.39, 0.29) is 17.4 Å². The Labute approximate surface area is 115 Å². The molecule has 0 amide bonds. The summed E-state index contributed by atoms with van der Waals surface area (Å²) >= 11 is 0. The van der Waals surface area contributed by atoms with Crippen molar-refractivity contribution in [1.82, 2.24) is 4.98 Å². The number of aromatic nitrogens is 1. The van der Waals surface area contributed by atoms with Gasteiger partial charge in [-0.1, -0.05) is 32.0 Å². The van der Waals surface area contributed by atoms with Gasteiger partial charge >= 0.3 is 5.97 Å². The Hall–Kier alpha value is -2.43. The highest BCUT2D eigenvalue weighted by Gasteiger charge is 2.17. The lowest BCUT2D eigenvalue weighted by Gasteiger charge is -2.13. The van der Waals surface area contributed by atoms with Crippen LogP contribution in [-0.4, -0.2) is 16.1 Å². The third-order valence-electron chi connectivity index (χ3n) is 2.80. The lowest BCUT2D eigenvalue weighted by Crippen LogP contribution is -2.04. The number of hydrogen-bond acceptors (Lipinski definition) is 3. The summed E-state index contributed by atoms with van der Waals surface area (Å²) in [4.78, 5) is 14.8. The second-order valence-corrected chi connectivity index (χ2v) is 4.61. The molecule has 0 saturated heterocycles. The standard InChI is InChI=1S/C15H14FNO3/c1-9(2)11-5-3-4-6-13(11)20-14-12(15(18)19)7-10(16)8-17-14/h3-9H,1-2H3,(H,18,19).